The molecule has 0 saturated heterocycles. The highest BCUT2D eigenvalue weighted by molar-refractivity contribution is 5.82. The number of rotatable bonds is 5. The van der Waals surface area contributed by atoms with Gasteiger partial charge in [-0.15, -0.1) is 0 Å². The first-order valence-corrected chi connectivity index (χ1v) is 7.22. The van der Waals surface area contributed by atoms with Gasteiger partial charge >= 0.3 is 0 Å². The first-order chi connectivity index (χ1) is 11.1. The SMILES string of the molecule is COc1cc(OC)cc([C@H](O)c2cc3cc(OC)ccc3[nH]2)c1. The molecule has 0 fully saturated rings. The van der Waals surface area contributed by atoms with Crippen molar-refractivity contribution in [2.45, 2.75) is 6.10 Å². The summed E-state index contributed by atoms with van der Waals surface area (Å²) in [6.45, 7) is 0. The van der Waals surface area contributed by atoms with E-state index < -0.39 is 6.10 Å². The second-order valence-corrected chi connectivity index (χ2v) is 5.23. The van der Waals surface area contributed by atoms with E-state index in [1.54, 1.807) is 39.5 Å². The largest absolute Gasteiger partial charge is 0.497 e. The van der Waals surface area contributed by atoms with Crippen LogP contribution in [-0.4, -0.2) is 31.4 Å². The Morgan fingerprint density at radius 2 is 1.48 bits per heavy atom. The van der Waals surface area contributed by atoms with Crippen molar-refractivity contribution in [1.82, 2.24) is 4.98 Å². The van der Waals surface area contributed by atoms with E-state index in [2.05, 4.69) is 4.98 Å². The highest BCUT2D eigenvalue weighted by Gasteiger charge is 2.16. The first kappa shape index (κ1) is 15.2. The van der Waals surface area contributed by atoms with Gasteiger partial charge in [-0.2, -0.15) is 0 Å². The van der Waals surface area contributed by atoms with E-state index in [9.17, 15) is 5.11 Å². The molecular weight excluding hydrogens is 294 g/mol. The quantitative estimate of drug-likeness (QED) is 0.759. The normalized spacial score (nSPS) is 12.2. The zero-order chi connectivity index (χ0) is 16.4. The molecule has 5 nitrogen and oxygen atoms in total. The van der Waals surface area contributed by atoms with Gasteiger partial charge in [0.2, 0.25) is 0 Å². The molecule has 0 radical (unpaired) electrons. The maximum Gasteiger partial charge on any atom is 0.122 e. The van der Waals surface area contributed by atoms with Crippen molar-refractivity contribution in [1.29, 1.82) is 0 Å². The monoisotopic (exact) mass is 313 g/mol. The Morgan fingerprint density at radius 1 is 0.826 bits per heavy atom. The van der Waals surface area contributed by atoms with E-state index in [1.807, 2.05) is 24.3 Å². The van der Waals surface area contributed by atoms with Gasteiger partial charge in [0.25, 0.3) is 0 Å². The molecule has 23 heavy (non-hydrogen) atoms. The van der Waals surface area contributed by atoms with E-state index in [0.717, 1.165) is 16.7 Å². The zero-order valence-electron chi connectivity index (χ0n) is 13.3. The minimum atomic E-state index is -0.808. The average molecular weight is 313 g/mol. The number of aromatic nitrogens is 1. The van der Waals surface area contributed by atoms with Crippen LogP contribution in [0.1, 0.15) is 17.4 Å². The van der Waals surface area contributed by atoms with Crippen LogP contribution in [0.3, 0.4) is 0 Å². The lowest BCUT2D eigenvalue weighted by molar-refractivity contribution is 0.215. The summed E-state index contributed by atoms with van der Waals surface area (Å²) in [5.41, 5.74) is 2.33. The number of aliphatic hydroxyl groups excluding tert-OH is 1. The van der Waals surface area contributed by atoms with Crippen LogP contribution >= 0.6 is 0 Å². The number of methoxy groups -OCH3 is 3. The number of hydrogen-bond donors (Lipinski definition) is 2. The van der Waals surface area contributed by atoms with Gasteiger partial charge in [-0.25, -0.2) is 0 Å². The summed E-state index contributed by atoms with van der Waals surface area (Å²) in [7, 11) is 4.80. The van der Waals surface area contributed by atoms with Crippen LogP contribution in [0.25, 0.3) is 10.9 Å². The molecule has 0 aliphatic heterocycles. The fourth-order valence-corrected chi connectivity index (χ4v) is 2.57. The number of aromatic amines is 1. The number of hydrogen-bond acceptors (Lipinski definition) is 4. The molecule has 1 atom stereocenters. The van der Waals surface area contributed by atoms with Crippen molar-refractivity contribution in [3.8, 4) is 17.2 Å². The summed E-state index contributed by atoms with van der Waals surface area (Å²) < 4.78 is 15.7. The predicted molar refractivity (Wildman–Crippen MR) is 88.5 cm³/mol. The summed E-state index contributed by atoms with van der Waals surface area (Å²) in [5, 5.41) is 11.7. The lowest BCUT2D eigenvalue weighted by Gasteiger charge is -2.13. The minimum absolute atomic E-state index is 0.635. The highest BCUT2D eigenvalue weighted by atomic mass is 16.5. The topological polar surface area (TPSA) is 63.7 Å². The Kier molecular flexibility index (Phi) is 4.12. The summed E-state index contributed by atoms with van der Waals surface area (Å²) >= 11 is 0. The molecule has 2 aromatic carbocycles. The zero-order valence-corrected chi connectivity index (χ0v) is 13.3. The molecule has 0 spiro atoms. The van der Waals surface area contributed by atoms with Crippen molar-refractivity contribution in [2.24, 2.45) is 0 Å². The predicted octanol–water partition coefficient (Wildman–Crippen LogP) is 3.28. The lowest BCUT2D eigenvalue weighted by atomic mass is 10.1. The second-order valence-electron chi connectivity index (χ2n) is 5.23. The maximum atomic E-state index is 10.7. The van der Waals surface area contributed by atoms with Gasteiger partial charge in [-0.3, -0.25) is 0 Å². The molecule has 3 rings (SSSR count). The Balaban J connectivity index is 2.00. The van der Waals surface area contributed by atoms with Crippen LogP contribution in [0.15, 0.2) is 42.5 Å². The number of benzene rings is 2. The standard InChI is InChI=1S/C18H19NO4/c1-21-13-4-5-16-11(6-13)9-17(19-16)18(20)12-7-14(22-2)10-15(8-12)23-3/h4-10,18-20H,1-3H3/t18-/m0/s1. The van der Waals surface area contributed by atoms with Gasteiger partial charge < -0.3 is 24.3 Å². The van der Waals surface area contributed by atoms with E-state index in [4.69, 9.17) is 14.2 Å². The van der Waals surface area contributed by atoms with Gasteiger partial charge in [0, 0.05) is 22.7 Å². The minimum Gasteiger partial charge on any atom is -0.497 e. The Bertz CT molecular complexity index is 803. The molecule has 0 saturated carbocycles. The smallest absolute Gasteiger partial charge is 0.122 e. The molecule has 0 amide bonds. The third-order valence-corrected chi connectivity index (χ3v) is 3.83. The summed E-state index contributed by atoms with van der Waals surface area (Å²) in [6.07, 6.45) is -0.808. The van der Waals surface area contributed by atoms with Crippen LogP contribution < -0.4 is 14.2 Å². The van der Waals surface area contributed by atoms with Crippen LogP contribution in [-0.2, 0) is 0 Å². The molecule has 0 aliphatic carbocycles. The van der Waals surface area contributed by atoms with E-state index in [0.29, 0.717) is 22.8 Å². The molecule has 0 bridgehead atoms. The van der Waals surface area contributed by atoms with E-state index >= 15 is 0 Å². The van der Waals surface area contributed by atoms with Gasteiger partial charge in [-0.1, -0.05) is 0 Å². The van der Waals surface area contributed by atoms with E-state index in [-0.39, 0.29) is 0 Å². The second kappa shape index (κ2) is 6.22. The van der Waals surface area contributed by atoms with Crippen LogP contribution in [0.2, 0.25) is 0 Å². The van der Waals surface area contributed by atoms with Crippen molar-refractivity contribution >= 4 is 10.9 Å². The molecule has 3 aromatic rings. The van der Waals surface area contributed by atoms with Crippen molar-refractivity contribution in [3.63, 3.8) is 0 Å². The van der Waals surface area contributed by atoms with Crippen LogP contribution in [0.5, 0.6) is 17.2 Å². The summed E-state index contributed by atoms with van der Waals surface area (Å²) in [5.74, 6) is 2.05. The summed E-state index contributed by atoms with van der Waals surface area (Å²) in [6, 6.07) is 13.0. The molecule has 0 unspecified atom stereocenters. The van der Waals surface area contributed by atoms with Crippen LogP contribution in [0, 0.1) is 0 Å². The van der Waals surface area contributed by atoms with Crippen LogP contribution in [0.4, 0.5) is 0 Å². The molecule has 2 N–H and O–H groups in total. The number of aliphatic hydroxyl groups is 1. The fourth-order valence-electron chi connectivity index (χ4n) is 2.57. The fraction of sp³-hybridized carbons (Fsp3) is 0.222. The van der Waals surface area contributed by atoms with Gasteiger partial charge in [-0.05, 0) is 42.0 Å². The Morgan fingerprint density at radius 3 is 2.09 bits per heavy atom. The number of ether oxygens (including phenoxy) is 3. The third-order valence-electron chi connectivity index (χ3n) is 3.83. The number of H-pyrrole nitrogens is 1. The summed E-state index contributed by atoms with van der Waals surface area (Å²) in [4.78, 5) is 3.23. The molecule has 1 heterocycles. The Hall–Kier alpha value is -2.66. The van der Waals surface area contributed by atoms with E-state index in [1.165, 1.54) is 0 Å². The maximum absolute atomic E-state index is 10.7. The molecule has 0 aliphatic rings. The highest BCUT2D eigenvalue weighted by Crippen LogP contribution is 2.31. The number of nitrogens with one attached hydrogen (secondary N) is 1. The molecule has 1 aromatic heterocycles. The van der Waals surface area contributed by atoms with Crippen molar-refractivity contribution in [3.05, 3.63) is 53.7 Å². The number of fused-ring (bicyclic) bond motifs is 1. The Labute approximate surface area is 134 Å². The van der Waals surface area contributed by atoms with Gasteiger partial charge in [0.05, 0.1) is 21.3 Å². The van der Waals surface area contributed by atoms with Crippen molar-refractivity contribution in [2.75, 3.05) is 21.3 Å². The first-order valence-electron chi connectivity index (χ1n) is 7.22. The van der Waals surface area contributed by atoms with Gasteiger partial charge in [0.1, 0.15) is 23.4 Å². The third kappa shape index (κ3) is 2.96. The van der Waals surface area contributed by atoms with Gasteiger partial charge in [0.15, 0.2) is 0 Å². The average Bonchev–Trinajstić information content (AvgIpc) is 3.03. The molecule has 120 valence electrons. The lowest BCUT2D eigenvalue weighted by Crippen LogP contribution is -2.01. The molecular formula is C18H19NO4. The molecule has 5 heteroatoms. The van der Waals surface area contributed by atoms with Crippen molar-refractivity contribution < 1.29 is 19.3 Å².